The van der Waals surface area contributed by atoms with Gasteiger partial charge in [0.15, 0.2) is 0 Å². The van der Waals surface area contributed by atoms with Crippen LogP contribution in [0.25, 0.3) is 5.57 Å². The van der Waals surface area contributed by atoms with Crippen LogP contribution in [-0.2, 0) is 10.8 Å². The monoisotopic (exact) mass is 426 g/mol. The molecule has 1 N–H and O–H groups in total. The van der Waals surface area contributed by atoms with Crippen molar-refractivity contribution in [3.05, 3.63) is 94.1 Å². The number of aromatic hydroxyl groups is 1. The molecule has 0 saturated carbocycles. The van der Waals surface area contributed by atoms with Crippen molar-refractivity contribution < 1.29 is 5.11 Å². The highest BCUT2D eigenvalue weighted by molar-refractivity contribution is 5.81. The smallest absolute Gasteiger partial charge is 0.126 e. The van der Waals surface area contributed by atoms with Crippen molar-refractivity contribution in [2.75, 3.05) is 0 Å². The Morgan fingerprint density at radius 2 is 1.44 bits per heavy atom. The lowest BCUT2D eigenvalue weighted by Gasteiger charge is -2.31. The molecule has 168 valence electrons. The predicted molar refractivity (Wildman–Crippen MR) is 137 cm³/mol. The van der Waals surface area contributed by atoms with E-state index < -0.39 is 0 Å². The summed E-state index contributed by atoms with van der Waals surface area (Å²) < 4.78 is 0. The van der Waals surface area contributed by atoms with E-state index >= 15 is 0 Å². The Labute approximate surface area is 194 Å². The second kappa shape index (κ2) is 7.80. The average Bonchev–Trinajstić information content (AvgIpc) is 3.02. The lowest BCUT2D eigenvalue weighted by atomic mass is 9.73. The molecule has 0 heterocycles. The molecule has 2 aliphatic carbocycles. The van der Waals surface area contributed by atoms with Gasteiger partial charge in [-0.05, 0) is 58.9 Å². The number of rotatable bonds is 2. The van der Waals surface area contributed by atoms with E-state index in [0.717, 1.165) is 11.1 Å². The van der Waals surface area contributed by atoms with Crippen molar-refractivity contribution in [1.82, 2.24) is 0 Å². The molecule has 1 heteroatoms. The summed E-state index contributed by atoms with van der Waals surface area (Å²) in [6, 6.07) is 13.4. The number of benzene rings is 2. The Hall–Kier alpha value is -2.54. The summed E-state index contributed by atoms with van der Waals surface area (Å²) in [7, 11) is 0. The van der Waals surface area contributed by atoms with Gasteiger partial charge in [0.1, 0.15) is 5.75 Å². The largest absolute Gasteiger partial charge is 0.507 e. The maximum atomic E-state index is 11.7. The highest BCUT2D eigenvalue weighted by Gasteiger charge is 2.42. The Morgan fingerprint density at radius 3 is 2.03 bits per heavy atom. The number of hydrogen-bond acceptors (Lipinski definition) is 1. The van der Waals surface area contributed by atoms with Crippen molar-refractivity contribution in [1.29, 1.82) is 0 Å². The molecule has 4 rings (SSSR count). The molecular formula is C31H38O. The third kappa shape index (κ3) is 3.76. The quantitative estimate of drug-likeness (QED) is 0.511. The molecule has 3 unspecified atom stereocenters. The van der Waals surface area contributed by atoms with E-state index in [-0.39, 0.29) is 16.7 Å². The zero-order valence-corrected chi connectivity index (χ0v) is 21.0. The van der Waals surface area contributed by atoms with E-state index in [2.05, 4.69) is 116 Å². The first kappa shape index (κ1) is 22.6. The molecule has 32 heavy (non-hydrogen) atoms. The topological polar surface area (TPSA) is 20.2 Å². The summed E-state index contributed by atoms with van der Waals surface area (Å²) in [5, 5.41) is 11.7. The molecule has 2 aromatic carbocycles. The zero-order chi connectivity index (χ0) is 23.4. The van der Waals surface area contributed by atoms with E-state index in [1.807, 2.05) is 0 Å². The van der Waals surface area contributed by atoms with Crippen LogP contribution in [0.3, 0.4) is 0 Å². The maximum Gasteiger partial charge on any atom is 0.126 e. The van der Waals surface area contributed by atoms with Crippen molar-refractivity contribution >= 4 is 5.57 Å². The minimum absolute atomic E-state index is 0.00119. The van der Waals surface area contributed by atoms with Gasteiger partial charge < -0.3 is 5.11 Å². The van der Waals surface area contributed by atoms with Crippen LogP contribution in [0.15, 0.2) is 66.3 Å². The SMILES string of the molecule is CC(C)=C(c1cc(C(C)(C)C)cc(C(C)(C)C)c1O)C1c2ccccc2C2C=CC=CC21. The molecule has 0 bridgehead atoms. The Balaban J connectivity index is 2.00. The van der Waals surface area contributed by atoms with Crippen LogP contribution in [-0.4, -0.2) is 5.11 Å². The van der Waals surface area contributed by atoms with Crippen LogP contribution in [0.5, 0.6) is 5.75 Å². The summed E-state index contributed by atoms with van der Waals surface area (Å²) in [4.78, 5) is 0. The molecule has 0 spiro atoms. The molecule has 2 aliphatic rings. The van der Waals surface area contributed by atoms with Gasteiger partial charge in [0.2, 0.25) is 0 Å². The highest BCUT2D eigenvalue weighted by Crippen LogP contribution is 2.56. The molecule has 1 nitrogen and oxygen atoms in total. The fraction of sp³-hybridized carbons (Fsp3) is 0.419. The zero-order valence-electron chi connectivity index (χ0n) is 21.0. The summed E-state index contributed by atoms with van der Waals surface area (Å²) in [5.74, 6) is 1.44. The van der Waals surface area contributed by atoms with Gasteiger partial charge in [-0.3, -0.25) is 0 Å². The van der Waals surface area contributed by atoms with Gasteiger partial charge >= 0.3 is 0 Å². The van der Waals surface area contributed by atoms with Crippen molar-refractivity contribution in [3.8, 4) is 5.75 Å². The number of phenolic OH excluding ortho intramolecular Hbond substituents is 1. The first-order valence-electron chi connectivity index (χ1n) is 11.9. The molecule has 0 fully saturated rings. The molecule has 0 aliphatic heterocycles. The summed E-state index contributed by atoms with van der Waals surface area (Å²) in [6.45, 7) is 17.7. The second-order valence-electron chi connectivity index (χ2n) is 11.8. The molecule has 0 aromatic heterocycles. The fourth-order valence-corrected chi connectivity index (χ4v) is 5.50. The molecule has 0 saturated heterocycles. The lowest BCUT2D eigenvalue weighted by molar-refractivity contribution is 0.442. The fourth-order valence-electron chi connectivity index (χ4n) is 5.50. The Bertz CT molecular complexity index is 1120. The molecular weight excluding hydrogens is 388 g/mol. The molecule has 3 atom stereocenters. The number of hydrogen-bond donors (Lipinski definition) is 1. The molecule has 0 radical (unpaired) electrons. The number of phenols is 1. The van der Waals surface area contributed by atoms with Gasteiger partial charge in [-0.25, -0.2) is 0 Å². The van der Waals surface area contributed by atoms with Crippen molar-refractivity contribution in [2.45, 2.75) is 78.1 Å². The van der Waals surface area contributed by atoms with Gasteiger partial charge in [-0.1, -0.05) is 102 Å². The average molecular weight is 427 g/mol. The number of fused-ring (bicyclic) bond motifs is 3. The number of allylic oxidation sites excluding steroid dienone is 6. The summed E-state index contributed by atoms with van der Waals surface area (Å²) >= 11 is 0. The predicted octanol–water partition coefficient (Wildman–Crippen LogP) is 8.40. The van der Waals surface area contributed by atoms with Gasteiger partial charge in [-0.2, -0.15) is 0 Å². The molecule has 0 amide bonds. The van der Waals surface area contributed by atoms with Gasteiger partial charge in [0.05, 0.1) is 0 Å². The minimum Gasteiger partial charge on any atom is -0.507 e. The summed E-state index contributed by atoms with van der Waals surface area (Å²) in [6.07, 6.45) is 9.08. The lowest BCUT2D eigenvalue weighted by Crippen LogP contribution is -2.19. The van der Waals surface area contributed by atoms with E-state index in [1.165, 1.54) is 27.8 Å². The maximum absolute atomic E-state index is 11.7. The summed E-state index contributed by atoms with van der Waals surface area (Å²) in [5.41, 5.74) is 8.53. The van der Waals surface area contributed by atoms with Crippen molar-refractivity contribution in [3.63, 3.8) is 0 Å². The first-order valence-corrected chi connectivity index (χ1v) is 11.9. The minimum atomic E-state index is -0.142. The van der Waals surface area contributed by atoms with Gasteiger partial charge in [0, 0.05) is 23.0 Å². The normalized spacial score (nSPS) is 21.9. The van der Waals surface area contributed by atoms with Gasteiger partial charge in [0.25, 0.3) is 0 Å². The van der Waals surface area contributed by atoms with E-state index in [1.54, 1.807) is 0 Å². The second-order valence-corrected chi connectivity index (χ2v) is 11.8. The first-order chi connectivity index (χ1) is 14.9. The van der Waals surface area contributed by atoms with Crippen LogP contribution in [0, 0.1) is 5.92 Å². The van der Waals surface area contributed by atoms with Crippen LogP contribution < -0.4 is 0 Å². The van der Waals surface area contributed by atoms with Crippen LogP contribution in [0.2, 0.25) is 0 Å². The van der Waals surface area contributed by atoms with Crippen molar-refractivity contribution in [2.24, 2.45) is 5.92 Å². The van der Waals surface area contributed by atoms with Gasteiger partial charge in [-0.15, -0.1) is 0 Å². The standard InChI is InChI=1S/C31H38O/c1-19(2)27(25-17-20(30(3,4)5)18-26(29(25)32)31(6,7)8)28-23-15-11-9-13-21(23)22-14-10-12-16-24(22)28/h9-18,21,23,28,32H,1-8H3. The highest BCUT2D eigenvalue weighted by atomic mass is 16.3. The third-order valence-corrected chi connectivity index (χ3v) is 7.18. The van der Waals surface area contributed by atoms with Crippen LogP contribution in [0.4, 0.5) is 0 Å². The Morgan fingerprint density at radius 1 is 0.812 bits per heavy atom. The van der Waals surface area contributed by atoms with E-state index in [0.29, 0.717) is 17.6 Å². The Kier molecular flexibility index (Phi) is 5.52. The van der Waals surface area contributed by atoms with Crippen LogP contribution >= 0.6 is 0 Å². The van der Waals surface area contributed by atoms with E-state index in [9.17, 15) is 5.11 Å². The van der Waals surface area contributed by atoms with E-state index in [4.69, 9.17) is 0 Å². The third-order valence-electron chi connectivity index (χ3n) is 7.18. The van der Waals surface area contributed by atoms with Crippen LogP contribution in [0.1, 0.15) is 95.0 Å². The molecule has 2 aromatic rings.